The van der Waals surface area contributed by atoms with E-state index in [0.717, 1.165) is 42.7 Å². The summed E-state index contributed by atoms with van der Waals surface area (Å²) in [6.45, 7) is 7.49. The van der Waals surface area contributed by atoms with Crippen LogP contribution in [0.25, 0.3) is 11.0 Å². The van der Waals surface area contributed by atoms with Crippen LogP contribution in [0.4, 0.5) is 5.82 Å². The number of likely N-dealkylation sites (N-methyl/N-ethyl adjacent to an activating group) is 1. The number of nitrogens with zero attached hydrogens (tertiary/aromatic N) is 4. The molecule has 3 rings (SSSR count). The molecule has 7 nitrogen and oxygen atoms in total. The van der Waals surface area contributed by atoms with Gasteiger partial charge in [-0.3, -0.25) is 9.69 Å². The van der Waals surface area contributed by atoms with Gasteiger partial charge in [0.15, 0.2) is 5.82 Å². The molecule has 0 saturated carbocycles. The molecular formula is C21H29N5O2. The molecule has 3 aromatic rings. The fourth-order valence-electron chi connectivity index (χ4n) is 3.52. The molecule has 2 heterocycles. The number of rotatable bonds is 9. The zero-order valence-electron chi connectivity index (χ0n) is 17.1. The summed E-state index contributed by atoms with van der Waals surface area (Å²) >= 11 is 0. The number of imidazole rings is 1. The molecule has 0 saturated heterocycles. The maximum absolute atomic E-state index is 12.9. The number of benzene rings is 1. The third kappa shape index (κ3) is 4.42. The number of unbranched alkanes of at least 4 members (excludes halogenated alkanes) is 1. The summed E-state index contributed by atoms with van der Waals surface area (Å²) < 4.78 is 7.26. The molecular weight excluding hydrogens is 354 g/mol. The van der Waals surface area contributed by atoms with Gasteiger partial charge in [-0.2, -0.15) is 0 Å². The Morgan fingerprint density at radius 1 is 1.32 bits per heavy atom. The summed E-state index contributed by atoms with van der Waals surface area (Å²) in [4.78, 5) is 19.8. The number of aromatic nitrogens is 3. The van der Waals surface area contributed by atoms with Crippen LogP contribution < -0.4 is 5.32 Å². The highest BCUT2D eigenvalue weighted by Crippen LogP contribution is 2.19. The number of nitrogens with one attached hydrogen (secondary N) is 1. The lowest BCUT2D eigenvalue weighted by Gasteiger charge is -2.26. The second kappa shape index (κ2) is 9.01. The van der Waals surface area contributed by atoms with E-state index in [1.165, 1.54) is 0 Å². The molecule has 150 valence electrons. The van der Waals surface area contributed by atoms with E-state index < -0.39 is 0 Å². The third-order valence-corrected chi connectivity index (χ3v) is 4.99. The van der Waals surface area contributed by atoms with Gasteiger partial charge in [-0.25, -0.2) is 4.98 Å². The van der Waals surface area contributed by atoms with Crippen LogP contribution in [0.2, 0.25) is 0 Å². The van der Waals surface area contributed by atoms with Crippen molar-refractivity contribution in [2.24, 2.45) is 0 Å². The molecule has 0 bridgehead atoms. The number of hydrogen-bond donors (Lipinski definition) is 1. The van der Waals surface area contributed by atoms with Gasteiger partial charge in [-0.1, -0.05) is 37.1 Å². The van der Waals surface area contributed by atoms with Crippen LogP contribution in [0, 0.1) is 6.92 Å². The van der Waals surface area contributed by atoms with E-state index in [4.69, 9.17) is 9.51 Å². The topological polar surface area (TPSA) is 76.2 Å². The van der Waals surface area contributed by atoms with Gasteiger partial charge in [-0.05, 0) is 39.4 Å². The average molecular weight is 383 g/mol. The maximum Gasteiger partial charge on any atom is 0.242 e. The highest BCUT2D eigenvalue weighted by molar-refractivity contribution is 5.94. The summed E-state index contributed by atoms with van der Waals surface area (Å²) in [6, 6.07) is 9.61. The van der Waals surface area contributed by atoms with Crippen molar-refractivity contribution in [2.45, 2.75) is 59.2 Å². The quantitative estimate of drug-likeness (QED) is 0.605. The number of carbonyl (C=O) groups is 1. The van der Waals surface area contributed by atoms with Crippen LogP contribution in [0.15, 0.2) is 34.9 Å². The van der Waals surface area contributed by atoms with Crippen molar-refractivity contribution in [2.75, 3.05) is 12.4 Å². The van der Waals surface area contributed by atoms with Gasteiger partial charge in [0.2, 0.25) is 5.91 Å². The number of hydrogen-bond acceptors (Lipinski definition) is 5. The number of aryl methyl sites for hydroxylation is 2. The van der Waals surface area contributed by atoms with Crippen LogP contribution in [0.5, 0.6) is 0 Å². The smallest absolute Gasteiger partial charge is 0.242 e. The van der Waals surface area contributed by atoms with Crippen LogP contribution in [-0.2, 0) is 17.9 Å². The fourth-order valence-corrected chi connectivity index (χ4v) is 3.52. The molecule has 0 aliphatic heterocycles. The Kier molecular flexibility index (Phi) is 6.46. The summed E-state index contributed by atoms with van der Waals surface area (Å²) in [5, 5.41) is 6.76. The van der Waals surface area contributed by atoms with Gasteiger partial charge in [0.25, 0.3) is 0 Å². The van der Waals surface area contributed by atoms with E-state index in [-0.39, 0.29) is 11.9 Å². The van der Waals surface area contributed by atoms with Gasteiger partial charge in [0.05, 0.1) is 23.6 Å². The number of anilines is 1. The number of carbonyl (C=O) groups excluding carboxylic acids is 1. The molecule has 0 aliphatic rings. The fraction of sp³-hybridized carbons (Fsp3) is 0.476. The van der Waals surface area contributed by atoms with Crippen molar-refractivity contribution in [3.05, 3.63) is 41.9 Å². The molecule has 2 aromatic heterocycles. The second-order valence-electron chi connectivity index (χ2n) is 7.15. The Morgan fingerprint density at radius 3 is 2.79 bits per heavy atom. The van der Waals surface area contributed by atoms with Crippen molar-refractivity contribution < 1.29 is 9.32 Å². The van der Waals surface area contributed by atoms with Crippen LogP contribution in [-0.4, -0.2) is 38.6 Å². The molecule has 1 amide bonds. The SMILES string of the molecule is CCCC[C@@H](C(=O)Nc1cc(C)on1)N(C)Cc1nc2ccccc2n1CC. The van der Waals surface area contributed by atoms with Crippen molar-refractivity contribution in [3.8, 4) is 0 Å². The third-order valence-electron chi connectivity index (χ3n) is 4.99. The first-order valence-corrected chi connectivity index (χ1v) is 9.92. The van der Waals surface area contributed by atoms with Crippen LogP contribution in [0.3, 0.4) is 0 Å². The number of amides is 1. The minimum Gasteiger partial charge on any atom is -0.360 e. The number of para-hydroxylation sites is 2. The molecule has 1 atom stereocenters. The van der Waals surface area contributed by atoms with Crippen molar-refractivity contribution in [1.82, 2.24) is 19.6 Å². The highest BCUT2D eigenvalue weighted by atomic mass is 16.5. The Labute approximate surface area is 165 Å². The molecule has 1 aromatic carbocycles. The minimum absolute atomic E-state index is 0.0663. The molecule has 0 unspecified atom stereocenters. The van der Waals surface area contributed by atoms with Gasteiger partial charge in [-0.15, -0.1) is 0 Å². The predicted molar refractivity (Wildman–Crippen MR) is 110 cm³/mol. The molecule has 0 fully saturated rings. The van der Waals surface area contributed by atoms with Crippen molar-refractivity contribution >= 4 is 22.8 Å². The molecule has 0 spiro atoms. The van der Waals surface area contributed by atoms with Gasteiger partial charge < -0.3 is 14.4 Å². The lowest BCUT2D eigenvalue weighted by molar-refractivity contribution is -0.121. The van der Waals surface area contributed by atoms with Crippen molar-refractivity contribution in [3.63, 3.8) is 0 Å². The Hall–Kier alpha value is -2.67. The van der Waals surface area contributed by atoms with E-state index in [1.807, 2.05) is 25.2 Å². The first kappa shape index (κ1) is 20.1. The molecule has 7 heteroatoms. The van der Waals surface area contributed by atoms with E-state index in [0.29, 0.717) is 18.1 Å². The van der Waals surface area contributed by atoms with E-state index in [2.05, 4.69) is 39.9 Å². The Bertz CT molecular complexity index is 930. The molecule has 0 radical (unpaired) electrons. The van der Waals surface area contributed by atoms with Gasteiger partial charge in [0, 0.05) is 12.6 Å². The standard InChI is InChI=1S/C21H29N5O2/c1-5-7-11-18(21(27)23-19-13-15(3)28-24-19)25(4)14-20-22-16-10-8-9-12-17(16)26(20)6-2/h8-10,12-13,18H,5-7,11,14H2,1-4H3,(H,23,24,27)/t18-/m0/s1. The minimum atomic E-state index is -0.262. The maximum atomic E-state index is 12.9. The summed E-state index contributed by atoms with van der Waals surface area (Å²) in [7, 11) is 1.98. The lowest BCUT2D eigenvalue weighted by Crippen LogP contribution is -2.42. The zero-order chi connectivity index (χ0) is 20.1. The van der Waals surface area contributed by atoms with Crippen LogP contribution in [0.1, 0.15) is 44.7 Å². The summed E-state index contributed by atoms with van der Waals surface area (Å²) in [6.07, 6.45) is 2.79. The average Bonchev–Trinajstić information content (AvgIpc) is 3.24. The predicted octanol–water partition coefficient (Wildman–Crippen LogP) is 3.98. The Morgan fingerprint density at radius 2 is 2.11 bits per heavy atom. The van der Waals surface area contributed by atoms with E-state index >= 15 is 0 Å². The van der Waals surface area contributed by atoms with E-state index in [1.54, 1.807) is 13.0 Å². The highest BCUT2D eigenvalue weighted by Gasteiger charge is 2.25. The molecule has 28 heavy (non-hydrogen) atoms. The largest absolute Gasteiger partial charge is 0.360 e. The van der Waals surface area contributed by atoms with Crippen molar-refractivity contribution in [1.29, 1.82) is 0 Å². The Balaban J connectivity index is 1.79. The first-order valence-electron chi connectivity index (χ1n) is 9.92. The van der Waals surface area contributed by atoms with Gasteiger partial charge >= 0.3 is 0 Å². The molecule has 1 N–H and O–H groups in total. The normalized spacial score (nSPS) is 12.6. The van der Waals surface area contributed by atoms with Gasteiger partial charge in [0.1, 0.15) is 11.6 Å². The van der Waals surface area contributed by atoms with E-state index in [9.17, 15) is 4.79 Å². The lowest BCUT2D eigenvalue weighted by atomic mass is 10.1. The second-order valence-corrected chi connectivity index (χ2v) is 7.15. The zero-order valence-corrected chi connectivity index (χ0v) is 17.1. The number of fused-ring (bicyclic) bond motifs is 1. The first-order chi connectivity index (χ1) is 13.5. The molecule has 0 aliphatic carbocycles. The summed E-state index contributed by atoms with van der Waals surface area (Å²) in [5.74, 6) is 2.03. The summed E-state index contributed by atoms with van der Waals surface area (Å²) in [5.41, 5.74) is 2.11. The van der Waals surface area contributed by atoms with Crippen LogP contribution >= 0.6 is 0 Å². The monoisotopic (exact) mass is 383 g/mol.